The van der Waals surface area contributed by atoms with Gasteiger partial charge in [-0.15, -0.1) is 0 Å². The second kappa shape index (κ2) is 11.4. The van der Waals surface area contributed by atoms with E-state index in [1.54, 1.807) is 23.9 Å². The number of rotatable bonds is 8. The van der Waals surface area contributed by atoms with Crippen LogP contribution in [0.1, 0.15) is 26.2 Å². The van der Waals surface area contributed by atoms with Crippen molar-refractivity contribution in [2.75, 3.05) is 37.3 Å². The molecule has 0 spiro atoms. The van der Waals surface area contributed by atoms with Crippen LogP contribution in [0.4, 0.5) is 11.4 Å². The number of hydrogen-bond donors (Lipinski definition) is 2. The van der Waals surface area contributed by atoms with Crippen LogP contribution in [0.15, 0.2) is 57.2 Å². The van der Waals surface area contributed by atoms with E-state index < -0.39 is 21.8 Å². The van der Waals surface area contributed by atoms with Gasteiger partial charge in [0.1, 0.15) is 6.04 Å². The van der Waals surface area contributed by atoms with Crippen molar-refractivity contribution in [2.45, 2.75) is 46.9 Å². The van der Waals surface area contributed by atoms with Crippen molar-refractivity contribution in [1.82, 2.24) is 9.91 Å². The summed E-state index contributed by atoms with van der Waals surface area (Å²) >= 11 is 1.65. The van der Waals surface area contributed by atoms with E-state index in [0.29, 0.717) is 17.7 Å². The normalized spacial score (nSPS) is 17.0. The quantitative estimate of drug-likeness (QED) is 0.287. The molecule has 1 saturated heterocycles. The van der Waals surface area contributed by atoms with Gasteiger partial charge in [0.2, 0.25) is 5.91 Å². The van der Waals surface area contributed by atoms with Crippen molar-refractivity contribution in [2.24, 2.45) is 17.7 Å². The number of hydrazine groups is 1. The first kappa shape index (κ1) is 27.4. The fraction of sp³-hybridized carbons (Fsp3) is 0.440. The minimum absolute atomic E-state index is 0.249. The van der Waals surface area contributed by atoms with Gasteiger partial charge in [-0.3, -0.25) is 9.80 Å². The van der Waals surface area contributed by atoms with Crippen molar-refractivity contribution >= 4 is 44.9 Å². The molecule has 0 radical (unpaired) electrons. The standard InChI is InChI=1S/C25H33N5O5S2/c1-17(25(32)35-27)30(26)24(31)18-10-14-28(15-11-18)12-5-13-29-20-6-3-4-7-22(20)36-23-9-8-19(16-21(23)29)37(2,33)34/h3-4,6-9,16-18H,5,10-15,26-27H2,1-2H3. The van der Waals surface area contributed by atoms with E-state index in [4.69, 9.17) is 11.7 Å². The predicted molar refractivity (Wildman–Crippen MR) is 142 cm³/mol. The summed E-state index contributed by atoms with van der Waals surface area (Å²) in [7, 11) is -3.32. The highest BCUT2D eigenvalue weighted by atomic mass is 32.2. The highest BCUT2D eigenvalue weighted by Crippen LogP contribution is 2.48. The molecule has 1 amide bonds. The second-order valence-electron chi connectivity index (χ2n) is 9.45. The van der Waals surface area contributed by atoms with Gasteiger partial charge in [0.05, 0.1) is 16.3 Å². The maximum Gasteiger partial charge on any atom is 0.348 e. The molecule has 1 atom stereocenters. The lowest BCUT2D eigenvalue weighted by Crippen LogP contribution is -2.52. The molecule has 10 nitrogen and oxygen atoms in total. The lowest BCUT2D eigenvalue weighted by atomic mass is 9.95. The summed E-state index contributed by atoms with van der Waals surface area (Å²) in [6.45, 7) is 4.56. The third-order valence-corrected chi connectivity index (χ3v) is 9.19. The number of piperidine rings is 1. The fourth-order valence-electron chi connectivity index (χ4n) is 4.75. The predicted octanol–water partition coefficient (Wildman–Crippen LogP) is 2.30. The van der Waals surface area contributed by atoms with E-state index in [-0.39, 0.29) is 11.8 Å². The van der Waals surface area contributed by atoms with Crippen molar-refractivity contribution in [3.05, 3.63) is 42.5 Å². The summed E-state index contributed by atoms with van der Waals surface area (Å²) in [6.07, 6.45) is 3.40. The van der Waals surface area contributed by atoms with Crippen LogP contribution in [-0.4, -0.2) is 68.7 Å². The Morgan fingerprint density at radius 2 is 1.78 bits per heavy atom. The van der Waals surface area contributed by atoms with E-state index in [9.17, 15) is 18.0 Å². The van der Waals surface area contributed by atoms with E-state index in [0.717, 1.165) is 58.8 Å². The van der Waals surface area contributed by atoms with Crippen LogP contribution in [0.3, 0.4) is 0 Å². The molecule has 0 bridgehead atoms. The number of nitrogens with zero attached hydrogens (tertiary/aromatic N) is 3. The van der Waals surface area contributed by atoms with Crippen molar-refractivity contribution < 1.29 is 22.8 Å². The van der Waals surface area contributed by atoms with Gasteiger partial charge in [-0.2, -0.15) is 5.90 Å². The molecular weight excluding hydrogens is 514 g/mol. The van der Waals surface area contributed by atoms with Gasteiger partial charge in [0, 0.05) is 28.5 Å². The zero-order valence-electron chi connectivity index (χ0n) is 21.0. The number of likely N-dealkylation sites (tertiary alicyclic amines) is 1. The Balaban J connectivity index is 1.37. The molecule has 0 aliphatic carbocycles. The third kappa shape index (κ3) is 6.10. The maximum absolute atomic E-state index is 12.7. The van der Waals surface area contributed by atoms with E-state index >= 15 is 0 Å². The average Bonchev–Trinajstić information content (AvgIpc) is 2.90. The Bertz CT molecular complexity index is 1260. The molecule has 1 fully saturated rings. The molecule has 4 rings (SSSR count). The fourth-order valence-corrected chi connectivity index (χ4v) is 6.47. The van der Waals surface area contributed by atoms with Gasteiger partial charge in [0.15, 0.2) is 9.84 Å². The van der Waals surface area contributed by atoms with E-state index in [1.165, 1.54) is 13.2 Å². The van der Waals surface area contributed by atoms with Gasteiger partial charge in [-0.05, 0) is 76.2 Å². The number of benzene rings is 2. The molecule has 2 aliphatic heterocycles. The van der Waals surface area contributed by atoms with Crippen LogP contribution in [-0.2, 0) is 24.3 Å². The zero-order valence-corrected chi connectivity index (χ0v) is 22.6. The van der Waals surface area contributed by atoms with E-state index in [2.05, 4.69) is 26.8 Å². The van der Waals surface area contributed by atoms with Crippen LogP contribution in [0.5, 0.6) is 0 Å². The molecule has 1 unspecified atom stereocenters. The molecular formula is C25H33N5O5S2. The van der Waals surface area contributed by atoms with E-state index in [1.807, 2.05) is 18.2 Å². The van der Waals surface area contributed by atoms with Crippen molar-refractivity contribution in [3.63, 3.8) is 0 Å². The largest absolute Gasteiger partial charge is 0.372 e. The number of carbonyl (C=O) groups is 2. The SMILES string of the molecule is CC(C(=O)ON)N(N)C(=O)C1CCN(CCCN2c3ccccc3Sc3ccc(S(C)(=O)=O)cc32)CC1. The number of anilines is 2. The number of para-hydroxylation sites is 1. The second-order valence-corrected chi connectivity index (χ2v) is 12.6. The first-order valence-electron chi connectivity index (χ1n) is 12.2. The molecule has 200 valence electrons. The number of amides is 1. The highest BCUT2D eigenvalue weighted by Gasteiger charge is 2.32. The lowest BCUT2D eigenvalue weighted by Gasteiger charge is -2.35. The Labute approximate surface area is 221 Å². The molecule has 2 aliphatic rings. The molecule has 0 aromatic heterocycles. The summed E-state index contributed by atoms with van der Waals surface area (Å²) < 4.78 is 24.4. The molecule has 2 aromatic rings. The molecule has 0 saturated carbocycles. The molecule has 37 heavy (non-hydrogen) atoms. The van der Waals surface area contributed by atoms with Crippen LogP contribution in [0.25, 0.3) is 0 Å². The maximum atomic E-state index is 12.7. The first-order valence-corrected chi connectivity index (χ1v) is 14.9. The minimum atomic E-state index is -3.32. The van der Waals surface area contributed by atoms with Crippen LogP contribution in [0.2, 0.25) is 0 Å². The number of hydrogen-bond acceptors (Lipinski definition) is 10. The van der Waals surface area contributed by atoms with Gasteiger partial charge in [-0.25, -0.2) is 19.1 Å². The van der Waals surface area contributed by atoms with Crippen LogP contribution in [0, 0.1) is 5.92 Å². The third-order valence-electron chi connectivity index (χ3n) is 6.95. The Morgan fingerprint density at radius 3 is 2.46 bits per heavy atom. The summed E-state index contributed by atoms with van der Waals surface area (Å²) in [6, 6.07) is 12.5. The number of fused-ring (bicyclic) bond motifs is 2. The van der Waals surface area contributed by atoms with Crippen LogP contribution >= 0.6 is 11.8 Å². The topological polar surface area (TPSA) is 139 Å². The highest BCUT2D eigenvalue weighted by molar-refractivity contribution is 7.99. The Morgan fingerprint density at radius 1 is 1.11 bits per heavy atom. The molecule has 2 heterocycles. The summed E-state index contributed by atoms with van der Waals surface area (Å²) in [4.78, 5) is 35.5. The smallest absolute Gasteiger partial charge is 0.348 e. The van der Waals surface area contributed by atoms with Gasteiger partial charge >= 0.3 is 5.97 Å². The summed E-state index contributed by atoms with van der Waals surface area (Å²) in [5.41, 5.74) is 1.98. The average molecular weight is 548 g/mol. The monoisotopic (exact) mass is 547 g/mol. The van der Waals surface area contributed by atoms with Crippen molar-refractivity contribution in [3.8, 4) is 0 Å². The lowest BCUT2D eigenvalue weighted by molar-refractivity contribution is -0.157. The molecule has 12 heteroatoms. The molecule has 4 N–H and O–H groups in total. The van der Waals surface area contributed by atoms with Gasteiger partial charge in [-0.1, -0.05) is 23.9 Å². The number of carbonyl (C=O) groups excluding carboxylic acids is 2. The summed E-state index contributed by atoms with van der Waals surface area (Å²) in [5, 5.41) is 0.920. The van der Waals surface area contributed by atoms with Gasteiger partial charge in [0.25, 0.3) is 0 Å². The van der Waals surface area contributed by atoms with Crippen LogP contribution < -0.4 is 16.6 Å². The first-order chi connectivity index (χ1) is 17.6. The minimum Gasteiger partial charge on any atom is -0.372 e. The number of nitrogens with two attached hydrogens (primary N) is 2. The summed E-state index contributed by atoms with van der Waals surface area (Å²) in [5.74, 6) is 9.47. The number of sulfone groups is 1. The Hall–Kier alpha value is -2.64. The van der Waals surface area contributed by atoms with Crippen molar-refractivity contribution in [1.29, 1.82) is 0 Å². The van der Waals surface area contributed by atoms with Gasteiger partial charge < -0.3 is 14.6 Å². The molecule has 2 aromatic carbocycles. The Kier molecular flexibility index (Phi) is 8.44. The zero-order chi connectivity index (χ0) is 26.7.